The largest absolute Gasteiger partial charge is 0.459 e. The molecule has 0 aliphatic heterocycles. The summed E-state index contributed by atoms with van der Waals surface area (Å²) in [5, 5.41) is -0.131. The molecule has 1 N–H and O–H groups in total. The van der Waals surface area contributed by atoms with E-state index in [2.05, 4.69) is 42.6 Å². The molecule has 0 spiro atoms. The van der Waals surface area contributed by atoms with Gasteiger partial charge in [-0.2, -0.15) is 0 Å². The third-order valence-electron chi connectivity index (χ3n) is 6.97. The van der Waals surface area contributed by atoms with Gasteiger partial charge < -0.3 is 9.47 Å². The van der Waals surface area contributed by atoms with Crippen molar-refractivity contribution in [2.24, 2.45) is 0 Å². The highest BCUT2D eigenvalue weighted by Gasteiger charge is 2.30. The molecule has 3 aromatic rings. The average molecular weight is 653 g/mol. The normalized spacial score (nSPS) is 13.2. The van der Waals surface area contributed by atoms with Crippen LogP contribution in [0, 0.1) is 0 Å². The number of esters is 1. The van der Waals surface area contributed by atoms with Crippen molar-refractivity contribution in [2.45, 2.75) is 109 Å². The summed E-state index contributed by atoms with van der Waals surface area (Å²) in [7, 11) is -4.06. The second kappa shape index (κ2) is 14.7. The second-order valence-electron chi connectivity index (χ2n) is 14.0. The molecule has 3 rings (SSSR count). The van der Waals surface area contributed by atoms with E-state index < -0.39 is 45.9 Å². The lowest BCUT2D eigenvalue weighted by atomic mass is 9.80. The number of benzene rings is 1. The molecule has 2 aromatic heterocycles. The molecule has 0 saturated carbocycles. The van der Waals surface area contributed by atoms with Crippen LogP contribution in [0.1, 0.15) is 98.0 Å². The Morgan fingerprint density at radius 3 is 2.09 bits per heavy atom. The Hall–Kier alpha value is -3.83. The fraction of sp³-hybridized carbons (Fsp3) is 0.486. The lowest BCUT2D eigenvalue weighted by Gasteiger charge is -2.28. The van der Waals surface area contributed by atoms with Crippen LogP contribution < -0.4 is 9.62 Å². The quantitative estimate of drug-likeness (QED) is 0.209. The van der Waals surface area contributed by atoms with Gasteiger partial charge in [0.15, 0.2) is 5.03 Å². The second-order valence-corrected chi connectivity index (χ2v) is 15.6. The summed E-state index contributed by atoms with van der Waals surface area (Å²) in [4.78, 5) is 36.0. The van der Waals surface area contributed by atoms with Gasteiger partial charge in [0.05, 0.1) is 11.7 Å². The molecule has 11 heteroatoms. The van der Waals surface area contributed by atoms with Gasteiger partial charge in [0.25, 0.3) is 10.0 Å². The molecule has 0 saturated heterocycles. The number of amides is 1. The summed E-state index contributed by atoms with van der Waals surface area (Å²) in [6.07, 6.45) is 2.97. The summed E-state index contributed by atoms with van der Waals surface area (Å²) in [6.45, 7) is 16.5. The molecule has 1 amide bonds. The van der Waals surface area contributed by atoms with Crippen molar-refractivity contribution in [2.75, 3.05) is 11.4 Å². The summed E-state index contributed by atoms with van der Waals surface area (Å²) < 4.78 is 40.8. The standard InChI is InChI=1S/C35H48N4O6S/c1-10-21-35(8,9)26-19-17-25(18-20-26)23-28(38-46(42,43)30-16-11-12-22-36-30)27-14-13-15-29(37-27)39(32(41)45-34(5,6)7)24-31(40)44-33(2,3)4/h11-20,22,28,38H,10,21,23-24H2,1-9H3. The molecule has 0 aliphatic carbocycles. The van der Waals surface area contributed by atoms with E-state index in [4.69, 9.17) is 14.5 Å². The molecule has 1 unspecified atom stereocenters. The van der Waals surface area contributed by atoms with E-state index in [-0.39, 0.29) is 22.7 Å². The van der Waals surface area contributed by atoms with Gasteiger partial charge in [-0.05, 0) is 95.2 Å². The van der Waals surface area contributed by atoms with Crippen molar-refractivity contribution >= 4 is 27.9 Å². The molecule has 46 heavy (non-hydrogen) atoms. The number of sulfonamides is 1. The highest BCUT2D eigenvalue weighted by molar-refractivity contribution is 7.89. The fourth-order valence-corrected chi connectivity index (χ4v) is 6.06. The minimum absolute atomic E-state index is 0.00238. The molecule has 1 atom stereocenters. The predicted molar refractivity (Wildman–Crippen MR) is 179 cm³/mol. The van der Waals surface area contributed by atoms with Crippen LogP contribution in [-0.4, -0.2) is 48.2 Å². The molecule has 0 aliphatic rings. The van der Waals surface area contributed by atoms with Gasteiger partial charge in [-0.1, -0.05) is 63.6 Å². The maximum absolute atomic E-state index is 13.5. The van der Waals surface area contributed by atoms with E-state index in [1.807, 2.05) is 12.1 Å². The first-order valence-corrected chi connectivity index (χ1v) is 17.0. The van der Waals surface area contributed by atoms with Crippen molar-refractivity contribution in [3.05, 3.63) is 83.7 Å². The zero-order valence-corrected chi connectivity index (χ0v) is 29.3. The number of nitrogens with zero attached hydrogens (tertiary/aromatic N) is 3. The molecule has 10 nitrogen and oxygen atoms in total. The van der Waals surface area contributed by atoms with Crippen LogP contribution in [0.5, 0.6) is 0 Å². The minimum Gasteiger partial charge on any atom is -0.459 e. The Balaban J connectivity index is 2.05. The lowest BCUT2D eigenvalue weighted by molar-refractivity contribution is -0.153. The zero-order valence-electron chi connectivity index (χ0n) is 28.5. The Bertz CT molecular complexity index is 1580. The number of carbonyl (C=O) groups is 2. The van der Waals surface area contributed by atoms with Gasteiger partial charge in [0.1, 0.15) is 23.6 Å². The van der Waals surface area contributed by atoms with E-state index in [0.29, 0.717) is 5.69 Å². The Morgan fingerprint density at radius 1 is 0.870 bits per heavy atom. The van der Waals surface area contributed by atoms with E-state index in [9.17, 15) is 18.0 Å². The topological polar surface area (TPSA) is 128 Å². The molecular formula is C35H48N4O6S. The first-order valence-electron chi connectivity index (χ1n) is 15.5. The summed E-state index contributed by atoms with van der Waals surface area (Å²) in [5.41, 5.74) is 0.795. The first kappa shape index (κ1) is 36.6. The van der Waals surface area contributed by atoms with Crippen LogP contribution in [0.3, 0.4) is 0 Å². The average Bonchev–Trinajstić information content (AvgIpc) is 2.94. The van der Waals surface area contributed by atoms with Gasteiger partial charge in [-0.25, -0.2) is 27.9 Å². The molecule has 2 heterocycles. The number of hydrogen-bond donors (Lipinski definition) is 1. The number of aromatic nitrogens is 2. The number of ether oxygens (including phenoxy) is 2. The van der Waals surface area contributed by atoms with Crippen molar-refractivity contribution in [1.82, 2.24) is 14.7 Å². The van der Waals surface area contributed by atoms with Gasteiger partial charge in [0, 0.05) is 6.20 Å². The van der Waals surface area contributed by atoms with Crippen molar-refractivity contribution in [3.63, 3.8) is 0 Å². The minimum atomic E-state index is -4.06. The number of carbonyl (C=O) groups excluding carboxylic acids is 2. The summed E-state index contributed by atoms with van der Waals surface area (Å²) in [5.74, 6) is -0.541. The van der Waals surface area contributed by atoms with Crippen molar-refractivity contribution < 1.29 is 27.5 Å². The van der Waals surface area contributed by atoms with Crippen molar-refractivity contribution in [3.8, 4) is 0 Å². The molecule has 0 fully saturated rings. The maximum Gasteiger partial charge on any atom is 0.416 e. The maximum atomic E-state index is 13.5. The third-order valence-corrected chi connectivity index (χ3v) is 8.36. The highest BCUT2D eigenvalue weighted by Crippen LogP contribution is 2.30. The Kier molecular flexibility index (Phi) is 11.7. The molecule has 0 bridgehead atoms. The van der Waals surface area contributed by atoms with E-state index in [1.165, 1.54) is 17.8 Å². The number of hydrogen-bond acceptors (Lipinski definition) is 8. The van der Waals surface area contributed by atoms with Crippen LogP contribution >= 0.6 is 0 Å². The molecule has 1 aromatic carbocycles. The van der Waals surface area contributed by atoms with Crippen LogP contribution in [0.2, 0.25) is 0 Å². The van der Waals surface area contributed by atoms with E-state index >= 15 is 0 Å². The van der Waals surface area contributed by atoms with Gasteiger partial charge in [-0.3, -0.25) is 9.69 Å². The van der Waals surface area contributed by atoms with Gasteiger partial charge >= 0.3 is 12.1 Å². The summed E-state index contributed by atoms with van der Waals surface area (Å²) >= 11 is 0. The molecular weight excluding hydrogens is 604 g/mol. The molecule has 0 radical (unpaired) electrons. The highest BCUT2D eigenvalue weighted by atomic mass is 32.2. The number of anilines is 1. The van der Waals surface area contributed by atoms with Crippen LogP contribution in [0.25, 0.3) is 0 Å². The Labute approximate surface area is 274 Å². The lowest BCUT2D eigenvalue weighted by Crippen LogP contribution is -2.42. The third kappa shape index (κ3) is 10.9. The predicted octanol–water partition coefficient (Wildman–Crippen LogP) is 6.90. The molecule has 250 valence electrons. The van der Waals surface area contributed by atoms with Gasteiger partial charge in [0.2, 0.25) is 0 Å². The summed E-state index contributed by atoms with van der Waals surface area (Å²) in [6, 6.07) is 16.8. The van der Waals surface area contributed by atoms with E-state index in [0.717, 1.165) is 23.3 Å². The van der Waals surface area contributed by atoms with Crippen LogP contribution in [-0.2, 0) is 36.1 Å². The first-order chi connectivity index (χ1) is 21.3. The van der Waals surface area contributed by atoms with Gasteiger partial charge in [-0.15, -0.1) is 0 Å². The van der Waals surface area contributed by atoms with Crippen molar-refractivity contribution in [1.29, 1.82) is 0 Å². The SMILES string of the molecule is CCCC(C)(C)c1ccc(CC(NS(=O)(=O)c2ccccn2)c2cccc(N(CC(=O)OC(C)(C)C)C(=O)OC(C)(C)C)n2)cc1. The number of pyridine rings is 2. The van der Waals surface area contributed by atoms with Crippen LogP contribution in [0.4, 0.5) is 10.6 Å². The number of nitrogens with one attached hydrogen (secondary N) is 1. The van der Waals surface area contributed by atoms with E-state index in [1.54, 1.807) is 71.9 Å². The number of rotatable bonds is 12. The zero-order chi connectivity index (χ0) is 34.3. The van der Waals surface area contributed by atoms with Crippen LogP contribution in [0.15, 0.2) is 71.9 Å². The fourth-order valence-electron chi connectivity index (χ4n) is 4.90. The monoisotopic (exact) mass is 652 g/mol. The Morgan fingerprint density at radius 2 is 1.52 bits per heavy atom. The smallest absolute Gasteiger partial charge is 0.416 e.